The summed E-state index contributed by atoms with van der Waals surface area (Å²) in [5, 5.41) is 0.556. The number of benzene rings is 1. The van der Waals surface area contributed by atoms with Gasteiger partial charge >= 0.3 is 0 Å². The topological polar surface area (TPSA) is 29.4 Å². The third kappa shape index (κ3) is 4.20. The van der Waals surface area contributed by atoms with Gasteiger partial charge in [-0.3, -0.25) is 0 Å². The Labute approximate surface area is 102 Å². The number of hydrogen-bond acceptors (Lipinski definition) is 3. The Hall–Kier alpha value is -0.570. The summed E-state index contributed by atoms with van der Waals surface area (Å²) in [4.78, 5) is 14.7. The van der Waals surface area contributed by atoms with Gasteiger partial charge in [0, 0.05) is 14.6 Å². The van der Waals surface area contributed by atoms with E-state index in [1.807, 2.05) is 18.2 Å². The van der Waals surface area contributed by atoms with Gasteiger partial charge in [0.2, 0.25) is 6.08 Å². The van der Waals surface area contributed by atoms with E-state index < -0.39 is 0 Å². The summed E-state index contributed by atoms with van der Waals surface area (Å²) in [6.45, 7) is 4.71. The van der Waals surface area contributed by atoms with Crippen LogP contribution in [0.2, 0.25) is 0 Å². The normalized spacial score (nSPS) is 10.1. The van der Waals surface area contributed by atoms with Gasteiger partial charge in [0.25, 0.3) is 0 Å². The third-order valence-corrected chi connectivity index (χ3v) is 3.69. The Morgan fingerprint density at radius 1 is 1.53 bits per heavy atom. The molecule has 1 rings (SSSR count). The monoisotopic (exact) mass is 285 g/mol. The first-order chi connectivity index (χ1) is 7.13. The van der Waals surface area contributed by atoms with Gasteiger partial charge in [-0.15, -0.1) is 11.8 Å². The van der Waals surface area contributed by atoms with E-state index in [4.69, 9.17) is 0 Å². The molecule has 1 aromatic carbocycles. The second-order valence-corrected chi connectivity index (χ2v) is 5.81. The molecule has 2 nitrogen and oxygen atoms in total. The van der Waals surface area contributed by atoms with Crippen LogP contribution in [0.15, 0.2) is 32.6 Å². The van der Waals surface area contributed by atoms with Crippen LogP contribution < -0.4 is 0 Å². The van der Waals surface area contributed by atoms with Gasteiger partial charge in [-0.1, -0.05) is 19.9 Å². The van der Waals surface area contributed by atoms with Gasteiger partial charge in [-0.2, -0.15) is 0 Å². The van der Waals surface area contributed by atoms with Crippen LogP contribution in [0, 0.1) is 0 Å². The van der Waals surface area contributed by atoms with Crippen LogP contribution in [0.25, 0.3) is 0 Å². The van der Waals surface area contributed by atoms with Crippen molar-refractivity contribution >= 4 is 33.8 Å². The van der Waals surface area contributed by atoms with Gasteiger partial charge < -0.3 is 0 Å². The van der Waals surface area contributed by atoms with E-state index in [2.05, 4.69) is 34.8 Å². The molecule has 0 aliphatic carbocycles. The van der Waals surface area contributed by atoms with E-state index in [1.165, 1.54) is 11.0 Å². The fraction of sp³-hybridized carbons (Fsp3) is 0.364. The van der Waals surface area contributed by atoms with Crippen LogP contribution in [0.4, 0.5) is 0 Å². The van der Waals surface area contributed by atoms with E-state index in [0.29, 0.717) is 11.8 Å². The summed E-state index contributed by atoms with van der Waals surface area (Å²) >= 11 is 5.31. The average molecular weight is 286 g/mol. The molecule has 0 atom stereocenters. The van der Waals surface area contributed by atoms with E-state index in [9.17, 15) is 4.79 Å². The Balaban J connectivity index is 2.82. The first kappa shape index (κ1) is 12.5. The van der Waals surface area contributed by atoms with Crippen molar-refractivity contribution in [1.82, 2.24) is 0 Å². The van der Waals surface area contributed by atoms with Gasteiger partial charge in [0.15, 0.2) is 0 Å². The number of nitrogens with zero attached hydrogens (tertiary/aromatic N) is 1. The summed E-state index contributed by atoms with van der Waals surface area (Å²) in [5.74, 6) is 0. The second-order valence-electron chi connectivity index (χ2n) is 3.34. The number of isocyanates is 1. The van der Waals surface area contributed by atoms with Crippen molar-refractivity contribution in [3.05, 3.63) is 28.2 Å². The molecule has 0 heterocycles. The highest BCUT2D eigenvalue weighted by molar-refractivity contribution is 9.10. The zero-order valence-electron chi connectivity index (χ0n) is 8.66. The van der Waals surface area contributed by atoms with Gasteiger partial charge in [0.05, 0.1) is 6.54 Å². The predicted octanol–water partition coefficient (Wildman–Crippen LogP) is 3.79. The SMILES string of the molecule is CC(C)Sc1ccc(CN=C=O)cc1Br. The number of hydrogen-bond donors (Lipinski definition) is 0. The molecule has 0 N–H and O–H groups in total. The van der Waals surface area contributed by atoms with Crippen molar-refractivity contribution < 1.29 is 4.79 Å². The highest BCUT2D eigenvalue weighted by Crippen LogP contribution is 2.31. The van der Waals surface area contributed by atoms with Crippen LogP contribution >= 0.6 is 27.7 Å². The number of aliphatic imine (C=N–C) groups is 1. The molecule has 15 heavy (non-hydrogen) atoms. The highest BCUT2D eigenvalue weighted by atomic mass is 79.9. The fourth-order valence-corrected chi connectivity index (χ4v) is 2.65. The summed E-state index contributed by atoms with van der Waals surface area (Å²) in [6.07, 6.45) is 1.54. The van der Waals surface area contributed by atoms with Crippen molar-refractivity contribution in [2.75, 3.05) is 0 Å². The Morgan fingerprint density at radius 2 is 2.27 bits per heavy atom. The summed E-state index contributed by atoms with van der Waals surface area (Å²) < 4.78 is 1.06. The molecule has 0 radical (unpaired) electrons. The van der Waals surface area contributed by atoms with Crippen molar-refractivity contribution in [3.63, 3.8) is 0 Å². The predicted molar refractivity (Wildman–Crippen MR) is 67.0 cm³/mol. The number of halogens is 1. The molecule has 0 fully saturated rings. The minimum Gasteiger partial charge on any atom is -0.211 e. The molecule has 0 aliphatic rings. The molecular weight excluding hydrogens is 274 g/mol. The molecule has 4 heteroatoms. The number of carbonyl (C=O) groups excluding carboxylic acids is 1. The van der Waals surface area contributed by atoms with Crippen LogP contribution in [0.5, 0.6) is 0 Å². The number of rotatable bonds is 4. The summed E-state index contributed by atoms with van der Waals surface area (Å²) in [5.41, 5.74) is 1.01. The van der Waals surface area contributed by atoms with Crippen molar-refractivity contribution in [2.45, 2.75) is 30.5 Å². The Morgan fingerprint density at radius 3 is 2.80 bits per heavy atom. The minimum absolute atomic E-state index is 0.398. The van der Waals surface area contributed by atoms with E-state index >= 15 is 0 Å². The molecular formula is C11H12BrNOS. The summed E-state index contributed by atoms with van der Waals surface area (Å²) in [7, 11) is 0. The fourth-order valence-electron chi connectivity index (χ4n) is 1.12. The van der Waals surface area contributed by atoms with Gasteiger partial charge in [-0.05, 0) is 33.6 Å². The zero-order valence-corrected chi connectivity index (χ0v) is 11.1. The third-order valence-electron chi connectivity index (χ3n) is 1.69. The maximum Gasteiger partial charge on any atom is 0.235 e. The van der Waals surface area contributed by atoms with E-state index in [1.54, 1.807) is 11.8 Å². The van der Waals surface area contributed by atoms with Crippen molar-refractivity contribution in [3.8, 4) is 0 Å². The molecule has 0 aliphatic heterocycles. The first-order valence-electron chi connectivity index (χ1n) is 4.62. The zero-order chi connectivity index (χ0) is 11.3. The maximum atomic E-state index is 9.97. The maximum absolute atomic E-state index is 9.97. The molecule has 0 saturated heterocycles. The van der Waals surface area contributed by atoms with E-state index in [0.717, 1.165) is 10.0 Å². The Bertz CT molecular complexity index is 386. The average Bonchev–Trinajstić information content (AvgIpc) is 2.18. The smallest absolute Gasteiger partial charge is 0.211 e. The van der Waals surface area contributed by atoms with Crippen LogP contribution in [0.1, 0.15) is 19.4 Å². The number of thioether (sulfide) groups is 1. The first-order valence-corrected chi connectivity index (χ1v) is 6.29. The Kier molecular flexibility index (Phi) is 5.09. The lowest BCUT2D eigenvalue weighted by Gasteiger charge is -2.08. The molecule has 0 amide bonds. The lowest BCUT2D eigenvalue weighted by Crippen LogP contribution is -1.88. The van der Waals surface area contributed by atoms with Gasteiger partial charge in [0.1, 0.15) is 0 Å². The molecule has 0 spiro atoms. The largest absolute Gasteiger partial charge is 0.235 e. The van der Waals surface area contributed by atoms with Crippen molar-refractivity contribution in [1.29, 1.82) is 0 Å². The van der Waals surface area contributed by atoms with Crippen molar-refractivity contribution in [2.24, 2.45) is 4.99 Å². The lowest BCUT2D eigenvalue weighted by molar-refractivity contribution is 0.563. The standard InChI is InChI=1S/C11H12BrNOS/c1-8(2)15-11-4-3-9(5-10(11)12)6-13-7-14/h3-5,8H,6H2,1-2H3. The molecule has 80 valence electrons. The van der Waals surface area contributed by atoms with Crippen LogP contribution in [-0.4, -0.2) is 11.3 Å². The molecule has 0 bridgehead atoms. The molecule has 0 aromatic heterocycles. The minimum atomic E-state index is 0.398. The van der Waals surface area contributed by atoms with Crippen LogP contribution in [0.3, 0.4) is 0 Å². The molecule has 0 unspecified atom stereocenters. The summed E-state index contributed by atoms with van der Waals surface area (Å²) in [6, 6.07) is 6.02. The highest BCUT2D eigenvalue weighted by Gasteiger charge is 2.04. The lowest BCUT2D eigenvalue weighted by atomic mass is 10.2. The van der Waals surface area contributed by atoms with Crippen LogP contribution in [-0.2, 0) is 11.3 Å². The molecule has 1 aromatic rings. The van der Waals surface area contributed by atoms with Gasteiger partial charge in [-0.25, -0.2) is 9.79 Å². The second kappa shape index (κ2) is 6.11. The van der Waals surface area contributed by atoms with E-state index in [-0.39, 0.29) is 0 Å². The molecule has 0 saturated carbocycles. The quantitative estimate of drug-likeness (QED) is 0.479.